The predicted molar refractivity (Wildman–Crippen MR) is 127 cm³/mol. The third-order valence-corrected chi connectivity index (χ3v) is 6.94. The Morgan fingerprint density at radius 2 is 1.84 bits per heavy atom. The number of fused-ring (bicyclic) bond motifs is 2. The normalized spacial score (nSPS) is 20.9. The van der Waals surface area contributed by atoms with Crippen molar-refractivity contribution in [3.05, 3.63) is 79.6 Å². The van der Waals surface area contributed by atoms with Crippen LogP contribution in [0.15, 0.2) is 56.1 Å². The second-order valence-corrected chi connectivity index (χ2v) is 10.6. The first-order valence-corrected chi connectivity index (χ1v) is 11.8. The minimum absolute atomic E-state index is 0.0147. The summed E-state index contributed by atoms with van der Waals surface area (Å²) in [6.07, 6.45) is 1.87. The van der Waals surface area contributed by atoms with Crippen LogP contribution in [0, 0.1) is 0 Å². The molecule has 5 rings (SSSR count). The lowest BCUT2D eigenvalue weighted by molar-refractivity contribution is 0.0486. The molecule has 2 atom stereocenters. The number of nitrogens with zero attached hydrogens (tertiary/aromatic N) is 1. The molecule has 32 heavy (non-hydrogen) atoms. The van der Waals surface area contributed by atoms with Crippen molar-refractivity contribution in [1.82, 2.24) is 4.90 Å². The SMILES string of the molecule is CC(C)(C)c1ccc([C@@H]2c3c(oc4ccc(Br)cc4c3=O)C(=O)N2C[C@@H]2CCCO2)cc1. The maximum Gasteiger partial charge on any atom is 0.291 e. The van der Waals surface area contributed by atoms with Crippen LogP contribution in [-0.4, -0.2) is 30.1 Å². The van der Waals surface area contributed by atoms with Crippen molar-refractivity contribution in [3.8, 4) is 0 Å². The summed E-state index contributed by atoms with van der Waals surface area (Å²) in [5, 5.41) is 0.473. The Hall–Kier alpha value is -2.44. The molecule has 6 heteroatoms. The van der Waals surface area contributed by atoms with Crippen LogP contribution in [0.2, 0.25) is 0 Å². The van der Waals surface area contributed by atoms with Gasteiger partial charge in [-0.15, -0.1) is 0 Å². The first-order chi connectivity index (χ1) is 15.2. The van der Waals surface area contributed by atoms with Gasteiger partial charge in [0.2, 0.25) is 5.76 Å². The third kappa shape index (κ3) is 3.59. The fourth-order valence-electron chi connectivity index (χ4n) is 4.70. The average molecular weight is 496 g/mol. The van der Waals surface area contributed by atoms with E-state index in [0.29, 0.717) is 29.7 Å². The van der Waals surface area contributed by atoms with Crippen LogP contribution in [-0.2, 0) is 10.2 Å². The van der Waals surface area contributed by atoms with Crippen molar-refractivity contribution >= 4 is 32.8 Å². The number of hydrogen-bond donors (Lipinski definition) is 0. The standard InChI is InChI=1S/C26H26BrNO4/c1-26(2,3)16-8-6-15(7-9-16)22-21-23(29)19-13-17(27)10-11-20(19)32-24(21)25(30)28(22)14-18-5-4-12-31-18/h6-11,13,18,22H,4-5,12,14H2,1-3H3/t18-,22+/m0/s1. The predicted octanol–water partition coefficient (Wildman–Crippen LogP) is 5.58. The molecule has 0 radical (unpaired) electrons. The van der Waals surface area contributed by atoms with Crippen LogP contribution >= 0.6 is 15.9 Å². The Morgan fingerprint density at radius 1 is 1.09 bits per heavy atom. The van der Waals surface area contributed by atoms with E-state index >= 15 is 0 Å². The third-order valence-electron chi connectivity index (χ3n) is 6.44. The van der Waals surface area contributed by atoms with E-state index in [4.69, 9.17) is 9.15 Å². The average Bonchev–Trinajstić information content (AvgIpc) is 3.36. The molecule has 1 fully saturated rings. The zero-order chi connectivity index (χ0) is 22.6. The smallest absolute Gasteiger partial charge is 0.291 e. The molecule has 0 bridgehead atoms. The van der Waals surface area contributed by atoms with Gasteiger partial charge in [-0.25, -0.2) is 0 Å². The maximum atomic E-state index is 13.6. The minimum Gasteiger partial charge on any atom is -0.450 e. The van der Waals surface area contributed by atoms with Gasteiger partial charge < -0.3 is 14.1 Å². The molecule has 0 saturated carbocycles. The van der Waals surface area contributed by atoms with Crippen LogP contribution in [0.25, 0.3) is 11.0 Å². The topological polar surface area (TPSA) is 59.8 Å². The van der Waals surface area contributed by atoms with Crippen molar-refractivity contribution in [2.24, 2.45) is 0 Å². The number of ether oxygens (including phenoxy) is 1. The van der Waals surface area contributed by atoms with E-state index in [1.54, 1.807) is 17.0 Å². The van der Waals surface area contributed by atoms with Gasteiger partial charge in [0.25, 0.3) is 5.91 Å². The van der Waals surface area contributed by atoms with Crippen LogP contribution < -0.4 is 5.43 Å². The summed E-state index contributed by atoms with van der Waals surface area (Å²) in [6.45, 7) is 7.64. The summed E-state index contributed by atoms with van der Waals surface area (Å²) in [5.74, 6) is -0.102. The molecule has 0 unspecified atom stereocenters. The summed E-state index contributed by atoms with van der Waals surface area (Å²) >= 11 is 3.44. The van der Waals surface area contributed by atoms with Gasteiger partial charge >= 0.3 is 0 Å². The van der Waals surface area contributed by atoms with Gasteiger partial charge in [-0.2, -0.15) is 0 Å². The van der Waals surface area contributed by atoms with Crippen LogP contribution in [0.1, 0.15) is 66.9 Å². The number of carbonyl (C=O) groups is 1. The van der Waals surface area contributed by atoms with Gasteiger partial charge in [-0.3, -0.25) is 9.59 Å². The highest BCUT2D eigenvalue weighted by Crippen LogP contribution is 2.39. The van der Waals surface area contributed by atoms with E-state index in [1.165, 1.54) is 5.56 Å². The molecule has 0 spiro atoms. The summed E-state index contributed by atoms with van der Waals surface area (Å²) in [7, 11) is 0. The number of benzene rings is 2. The molecule has 2 aliphatic rings. The Kier molecular flexibility index (Phi) is 5.25. The van der Waals surface area contributed by atoms with Crippen molar-refractivity contribution in [2.75, 3.05) is 13.2 Å². The summed E-state index contributed by atoms with van der Waals surface area (Å²) < 4.78 is 12.6. The van der Waals surface area contributed by atoms with E-state index in [9.17, 15) is 9.59 Å². The molecule has 1 aromatic heterocycles. The van der Waals surface area contributed by atoms with Gasteiger partial charge in [-0.1, -0.05) is 61.0 Å². The van der Waals surface area contributed by atoms with E-state index in [-0.39, 0.29) is 28.6 Å². The van der Waals surface area contributed by atoms with Gasteiger partial charge in [0.05, 0.1) is 23.1 Å². The second-order valence-electron chi connectivity index (χ2n) is 9.68. The lowest BCUT2D eigenvalue weighted by Gasteiger charge is -2.28. The number of rotatable bonds is 3. The Labute approximate surface area is 195 Å². The second kappa shape index (κ2) is 7.85. The molecule has 0 N–H and O–H groups in total. The molecule has 166 valence electrons. The van der Waals surface area contributed by atoms with E-state index in [1.807, 2.05) is 18.2 Å². The molecule has 2 aromatic carbocycles. The molecular weight excluding hydrogens is 470 g/mol. The maximum absolute atomic E-state index is 13.6. The Bertz CT molecular complexity index is 1250. The molecule has 1 amide bonds. The quantitative estimate of drug-likeness (QED) is 0.475. The Morgan fingerprint density at radius 3 is 2.50 bits per heavy atom. The van der Waals surface area contributed by atoms with Crippen LogP contribution in [0.5, 0.6) is 0 Å². The van der Waals surface area contributed by atoms with E-state index in [0.717, 1.165) is 22.9 Å². The van der Waals surface area contributed by atoms with Crippen molar-refractivity contribution in [2.45, 2.75) is 51.2 Å². The lowest BCUT2D eigenvalue weighted by atomic mass is 9.86. The van der Waals surface area contributed by atoms with Crippen molar-refractivity contribution in [1.29, 1.82) is 0 Å². The van der Waals surface area contributed by atoms with Crippen LogP contribution in [0.3, 0.4) is 0 Å². The number of amides is 1. The molecule has 1 saturated heterocycles. The minimum atomic E-state index is -0.490. The highest BCUT2D eigenvalue weighted by atomic mass is 79.9. The lowest BCUT2D eigenvalue weighted by Crippen LogP contribution is -2.36. The number of halogens is 1. The first kappa shape index (κ1) is 21.4. The monoisotopic (exact) mass is 495 g/mol. The largest absolute Gasteiger partial charge is 0.450 e. The molecule has 3 aromatic rings. The molecule has 0 aliphatic carbocycles. The van der Waals surface area contributed by atoms with Gasteiger partial charge in [0.1, 0.15) is 5.58 Å². The van der Waals surface area contributed by atoms with E-state index in [2.05, 4.69) is 48.8 Å². The number of carbonyl (C=O) groups excluding carboxylic acids is 1. The molecular formula is C26H26BrNO4. The summed E-state index contributed by atoms with van der Waals surface area (Å²) in [5.41, 5.74) is 2.81. The summed E-state index contributed by atoms with van der Waals surface area (Å²) in [4.78, 5) is 28.9. The van der Waals surface area contributed by atoms with Gasteiger partial charge in [0.15, 0.2) is 5.43 Å². The van der Waals surface area contributed by atoms with Gasteiger partial charge in [-0.05, 0) is 47.6 Å². The zero-order valence-electron chi connectivity index (χ0n) is 18.5. The van der Waals surface area contributed by atoms with Crippen molar-refractivity contribution < 1.29 is 13.9 Å². The first-order valence-electron chi connectivity index (χ1n) is 11.0. The number of hydrogen-bond acceptors (Lipinski definition) is 4. The summed E-state index contributed by atoms with van der Waals surface area (Å²) in [6, 6.07) is 13.0. The Balaban J connectivity index is 1.67. The van der Waals surface area contributed by atoms with Crippen LogP contribution in [0.4, 0.5) is 0 Å². The van der Waals surface area contributed by atoms with Crippen molar-refractivity contribution in [3.63, 3.8) is 0 Å². The molecule has 2 aliphatic heterocycles. The van der Waals surface area contributed by atoms with Gasteiger partial charge in [0, 0.05) is 17.6 Å². The molecule has 3 heterocycles. The highest BCUT2D eigenvalue weighted by Gasteiger charge is 2.44. The van der Waals surface area contributed by atoms with E-state index < -0.39 is 6.04 Å². The highest BCUT2D eigenvalue weighted by molar-refractivity contribution is 9.10. The fourth-order valence-corrected chi connectivity index (χ4v) is 5.06. The zero-order valence-corrected chi connectivity index (χ0v) is 20.1. The fraction of sp³-hybridized carbons (Fsp3) is 0.385. The molecule has 5 nitrogen and oxygen atoms in total.